The number of hydrogen-bond acceptors (Lipinski definition) is 7. The summed E-state index contributed by atoms with van der Waals surface area (Å²) in [4.78, 5) is 14.2. The molecule has 3 rings (SSSR count). The normalized spacial score (nSPS) is 20.3. The topological polar surface area (TPSA) is 110 Å². The lowest BCUT2D eigenvalue weighted by atomic mass is 9.81. The number of rotatable bonds is 10. The Labute approximate surface area is 206 Å². The summed E-state index contributed by atoms with van der Waals surface area (Å²) in [5.41, 5.74) is 6.78. The molecule has 1 aliphatic rings. The van der Waals surface area contributed by atoms with Gasteiger partial charge in [0.25, 0.3) is 0 Å². The first-order chi connectivity index (χ1) is 16.2. The van der Waals surface area contributed by atoms with E-state index in [4.69, 9.17) is 15.6 Å². The van der Waals surface area contributed by atoms with Crippen molar-refractivity contribution in [2.24, 2.45) is 11.1 Å². The van der Waals surface area contributed by atoms with Crippen LogP contribution in [0.3, 0.4) is 0 Å². The van der Waals surface area contributed by atoms with Crippen LogP contribution in [0.4, 0.5) is 11.4 Å². The van der Waals surface area contributed by atoms with Crippen molar-refractivity contribution < 1.29 is 23.1 Å². The lowest BCUT2D eigenvalue weighted by Crippen LogP contribution is -2.37. The van der Waals surface area contributed by atoms with E-state index in [1.165, 1.54) is 11.8 Å². The highest BCUT2D eigenvalue weighted by Gasteiger charge is 2.42. The second-order valence-electron chi connectivity index (χ2n) is 8.86. The van der Waals surface area contributed by atoms with Crippen LogP contribution >= 0.6 is 11.8 Å². The van der Waals surface area contributed by atoms with Gasteiger partial charge >= 0.3 is 5.97 Å². The van der Waals surface area contributed by atoms with Crippen LogP contribution in [0.15, 0.2) is 52.3 Å². The molecule has 0 saturated heterocycles. The van der Waals surface area contributed by atoms with Crippen LogP contribution in [0.5, 0.6) is 5.75 Å². The number of nitrogens with two attached hydrogens (primary N) is 1. The Balaban J connectivity index is 2.18. The molecular weight excluding hydrogens is 472 g/mol. The molecule has 186 valence electrons. The summed E-state index contributed by atoms with van der Waals surface area (Å²) < 4.78 is 33.3. The van der Waals surface area contributed by atoms with E-state index < -0.39 is 27.3 Å². The van der Waals surface area contributed by atoms with Gasteiger partial charge in [-0.1, -0.05) is 44.9 Å². The Morgan fingerprint density at radius 1 is 1.26 bits per heavy atom. The van der Waals surface area contributed by atoms with Gasteiger partial charge in [-0.05, 0) is 37.3 Å². The zero-order valence-corrected chi connectivity index (χ0v) is 21.6. The minimum atomic E-state index is -3.65. The van der Waals surface area contributed by atoms with Crippen molar-refractivity contribution in [1.82, 2.24) is 0 Å². The molecule has 9 heteroatoms. The lowest BCUT2D eigenvalue weighted by molar-refractivity contribution is -0.139. The molecule has 1 unspecified atom stereocenters. The van der Waals surface area contributed by atoms with Crippen molar-refractivity contribution in [3.63, 3.8) is 0 Å². The predicted octanol–water partition coefficient (Wildman–Crippen LogP) is 4.71. The summed E-state index contributed by atoms with van der Waals surface area (Å²) in [7, 11) is -3.65. The third kappa shape index (κ3) is 5.70. The Bertz CT molecular complexity index is 1110. The standard InChI is InChI=1S/C25H34N2O5S2/c1-4-6-12-25(5-2)16-27(18-10-8-7-9-11-18)20-13-22(33-3)21(32-15-19(26)24(28)29)14-23(20)34(30,31)17-25/h7-11,13-14,19H,4-6,12,15-17,26H2,1-3H3,(H,28,29)/t19-,25?/m0/s1. The summed E-state index contributed by atoms with van der Waals surface area (Å²) >= 11 is 1.42. The highest BCUT2D eigenvalue weighted by molar-refractivity contribution is 7.98. The Morgan fingerprint density at radius 2 is 1.97 bits per heavy atom. The van der Waals surface area contributed by atoms with Gasteiger partial charge in [0.05, 0.1) is 21.2 Å². The van der Waals surface area contributed by atoms with Crippen LogP contribution < -0.4 is 15.4 Å². The minimum absolute atomic E-state index is 0.0551. The van der Waals surface area contributed by atoms with Crippen LogP contribution in [0, 0.1) is 5.41 Å². The molecule has 0 spiro atoms. The Kier molecular flexibility index (Phi) is 8.54. The van der Waals surface area contributed by atoms with E-state index in [0.717, 1.165) is 36.3 Å². The fourth-order valence-electron chi connectivity index (χ4n) is 4.39. The number of aliphatic carboxylic acids is 1. The zero-order chi connectivity index (χ0) is 24.9. The smallest absolute Gasteiger partial charge is 0.324 e. The van der Waals surface area contributed by atoms with Crippen molar-refractivity contribution in [2.75, 3.05) is 30.1 Å². The molecule has 7 nitrogen and oxygen atoms in total. The third-order valence-corrected chi connectivity index (χ3v) is 9.22. The number of anilines is 2. The summed E-state index contributed by atoms with van der Waals surface area (Å²) in [5.74, 6) is -0.788. The molecule has 0 amide bonds. The van der Waals surface area contributed by atoms with Gasteiger partial charge in [0.15, 0.2) is 9.84 Å². The largest absolute Gasteiger partial charge is 0.490 e. The summed E-state index contributed by atoms with van der Waals surface area (Å²) in [5, 5.41) is 9.10. The number of sulfone groups is 1. The van der Waals surface area contributed by atoms with Crippen molar-refractivity contribution in [3.05, 3.63) is 42.5 Å². The first kappa shape index (κ1) is 26.4. The molecule has 0 saturated carbocycles. The van der Waals surface area contributed by atoms with Crippen LogP contribution in [0.2, 0.25) is 0 Å². The van der Waals surface area contributed by atoms with Gasteiger partial charge in [0.1, 0.15) is 18.4 Å². The first-order valence-electron chi connectivity index (χ1n) is 11.5. The molecule has 0 radical (unpaired) electrons. The van der Waals surface area contributed by atoms with Gasteiger partial charge in [-0.3, -0.25) is 4.79 Å². The van der Waals surface area contributed by atoms with Crippen molar-refractivity contribution in [3.8, 4) is 5.75 Å². The van der Waals surface area contributed by atoms with E-state index in [1.807, 2.05) is 42.7 Å². The number of fused-ring (bicyclic) bond motifs is 1. The van der Waals surface area contributed by atoms with Gasteiger partial charge < -0.3 is 20.5 Å². The number of nitrogens with zero attached hydrogens (tertiary/aromatic N) is 1. The number of unbranched alkanes of at least 4 members (excludes halogenated alkanes) is 1. The SMILES string of the molecule is CCCCC1(CC)CN(c2ccccc2)c2cc(SC)c(OC[C@H](N)C(=O)O)cc2S(=O)(=O)C1. The van der Waals surface area contributed by atoms with E-state index >= 15 is 0 Å². The molecule has 0 aromatic heterocycles. The number of para-hydroxylation sites is 1. The first-order valence-corrected chi connectivity index (χ1v) is 14.4. The number of carbonyl (C=O) groups is 1. The van der Waals surface area contributed by atoms with Gasteiger partial charge in [-0.25, -0.2) is 8.42 Å². The van der Waals surface area contributed by atoms with E-state index in [-0.39, 0.29) is 17.3 Å². The predicted molar refractivity (Wildman–Crippen MR) is 137 cm³/mol. The zero-order valence-electron chi connectivity index (χ0n) is 20.0. The molecule has 0 fully saturated rings. The van der Waals surface area contributed by atoms with Crippen LogP contribution in [0.25, 0.3) is 0 Å². The Hall–Kier alpha value is -2.23. The number of ether oxygens (including phenoxy) is 1. The molecule has 0 aliphatic carbocycles. The third-order valence-electron chi connectivity index (χ3n) is 6.47. The molecule has 2 atom stereocenters. The van der Waals surface area contributed by atoms with Gasteiger partial charge in [-0.15, -0.1) is 11.8 Å². The quantitative estimate of drug-likeness (QED) is 0.446. The summed E-state index contributed by atoms with van der Waals surface area (Å²) in [6, 6.07) is 12.0. The minimum Gasteiger partial charge on any atom is -0.490 e. The average Bonchev–Trinajstić information content (AvgIpc) is 2.93. The van der Waals surface area contributed by atoms with E-state index in [9.17, 15) is 13.2 Å². The summed E-state index contributed by atoms with van der Waals surface area (Å²) in [6.45, 7) is 4.53. The van der Waals surface area contributed by atoms with E-state index in [2.05, 4.69) is 18.7 Å². The van der Waals surface area contributed by atoms with Gasteiger partial charge in [0, 0.05) is 23.7 Å². The average molecular weight is 507 g/mol. The second-order valence-corrected chi connectivity index (χ2v) is 11.7. The maximum atomic E-state index is 13.8. The molecule has 2 aromatic carbocycles. The lowest BCUT2D eigenvalue weighted by Gasteiger charge is -2.36. The fourth-order valence-corrected chi connectivity index (χ4v) is 7.12. The molecule has 1 aliphatic heterocycles. The molecule has 2 aromatic rings. The molecule has 1 heterocycles. The summed E-state index contributed by atoms with van der Waals surface area (Å²) in [6.07, 6.45) is 5.40. The molecule has 34 heavy (non-hydrogen) atoms. The van der Waals surface area contributed by atoms with Crippen molar-refractivity contribution in [2.45, 2.75) is 55.4 Å². The fraction of sp³-hybridized carbons (Fsp3) is 0.480. The van der Waals surface area contributed by atoms with Crippen LogP contribution in [-0.4, -0.2) is 50.7 Å². The number of thioether (sulfide) groups is 1. The molecular formula is C25H34N2O5S2. The number of benzene rings is 2. The van der Waals surface area contributed by atoms with Crippen molar-refractivity contribution in [1.29, 1.82) is 0 Å². The van der Waals surface area contributed by atoms with Crippen LogP contribution in [-0.2, 0) is 14.6 Å². The highest BCUT2D eigenvalue weighted by Crippen LogP contribution is 2.47. The maximum Gasteiger partial charge on any atom is 0.324 e. The number of carboxylic acid groups (broad SMARTS) is 1. The number of carboxylic acids is 1. The number of hydrogen-bond donors (Lipinski definition) is 2. The molecule has 0 bridgehead atoms. The van der Waals surface area contributed by atoms with Gasteiger partial charge in [0.2, 0.25) is 0 Å². The Morgan fingerprint density at radius 3 is 2.56 bits per heavy atom. The second kappa shape index (κ2) is 11.0. The van der Waals surface area contributed by atoms with Crippen LogP contribution in [0.1, 0.15) is 39.5 Å². The maximum absolute atomic E-state index is 13.8. The van der Waals surface area contributed by atoms with Crippen molar-refractivity contribution >= 4 is 38.9 Å². The monoisotopic (exact) mass is 506 g/mol. The molecule has 3 N–H and O–H groups in total. The van der Waals surface area contributed by atoms with E-state index in [0.29, 0.717) is 18.0 Å². The highest BCUT2D eigenvalue weighted by atomic mass is 32.2. The van der Waals surface area contributed by atoms with Gasteiger partial charge in [-0.2, -0.15) is 0 Å². The van der Waals surface area contributed by atoms with E-state index in [1.54, 1.807) is 6.07 Å².